The van der Waals surface area contributed by atoms with Gasteiger partial charge < -0.3 is 0 Å². The van der Waals surface area contributed by atoms with Crippen molar-refractivity contribution in [1.29, 1.82) is 0 Å². The molecular formula is C5H3N5O2S. The van der Waals surface area contributed by atoms with Gasteiger partial charge >= 0.3 is 5.00 Å². The molecule has 0 N–H and O–H groups in total. The first-order chi connectivity index (χ1) is 6.27. The molecule has 0 aromatic carbocycles. The number of aromatic nitrogens is 4. The molecule has 0 saturated heterocycles. The van der Waals surface area contributed by atoms with E-state index in [1.54, 1.807) is 0 Å². The van der Waals surface area contributed by atoms with Gasteiger partial charge in [0.2, 0.25) is 5.13 Å². The first-order valence-corrected chi connectivity index (χ1v) is 4.04. The van der Waals surface area contributed by atoms with E-state index < -0.39 is 4.92 Å². The van der Waals surface area contributed by atoms with Gasteiger partial charge in [0.25, 0.3) is 0 Å². The first kappa shape index (κ1) is 7.80. The van der Waals surface area contributed by atoms with Crippen LogP contribution in [0, 0.1) is 10.1 Å². The Morgan fingerprint density at radius 2 is 2.46 bits per heavy atom. The minimum atomic E-state index is -0.488. The molecule has 0 amide bonds. The van der Waals surface area contributed by atoms with E-state index in [0.29, 0.717) is 5.13 Å². The zero-order chi connectivity index (χ0) is 9.26. The third kappa shape index (κ3) is 1.38. The van der Waals surface area contributed by atoms with Crippen LogP contribution in [0.2, 0.25) is 0 Å². The van der Waals surface area contributed by atoms with Crippen molar-refractivity contribution in [3.63, 3.8) is 0 Å². The maximum atomic E-state index is 10.3. The summed E-state index contributed by atoms with van der Waals surface area (Å²) in [6, 6.07) is 0. The Kier molecular flexibility index (Phi) is 1.74. The van der Waals surface area contributed by atoms with Crippen molar-refractivity contribution in [3.05, 3.63) is 29.0 Å². The number of nitro groups is 1. The molecule has 13 heavy (non-hydrogen) atoms. The van der Waals surface area contributed by atoms with Crippen LogP contribution in [-0.2, 0) is 0 Å². The molecular weight excluding hydrogens is 194 g/mol. The number of thiazole rings is 1. The second-order valence-corrected chi connectivity index (χ2v) is 3.07. The van der Waals surface area contributed by atoms with Crippen LogP contribution in [0.3, 0.4) is 0 Å². The van der Waals surface area contributed by atoms with Gasteiger partial charge in [0, 0.05) is 0 Å². The molecule has 8 heteroatoms. The van der Waals surface area contributed by atoms with Gasteiger partial charge in [-0.05, 0) is 11.3 Å². The lowest BCUT2D eigenvalue weighted by Gasteiger charge is -1.87. The van der Waals surface area contributed by atoms with Gasteiger partial charge in [-0.2, -0.15) is 9.78 Å². The number of rotatable bonds is 2. The van der Waals surface area contributed by atoms with Gasteiger partial charge in [-0.3, -0.25) is 10.1 Å². The normalized spacial score (nSPS) is 10.2. The highest BCUT2D eigenvalue weighted by Gasteiger charge is 2.12. The van der Waals surface area contributed by atoms with E-state index in [9.17, 15) is 10.1 Å². The van der Waals surface area contributed by atoms with E-state index in [2.05, 4.69) is 15.1 Å². The summed E-state index contributed by atoms with van der Waals surface area (Å²) in [5, 5.41) is 14.5. The summed E-state index contributed by atoms with van der Waals surface area (Å²) in [5.74, 6) is 0. The molecule has 0 spiro atoms. The molecule has 0 atom stereocenters. The maximum Gasteiger partial charge on any atom is 0.345 e. The third-order valence-corrected chi connectivity index (χ3v) is 2.21. The minimum Gasteiger partial charge on any atom is -0.257 e. The Morgan fingerprint density at radius 1 is 1.62 bits per heavy atom. The van der Waals surface area contributed by atoms with Crippen LogP contribution in [0.5, 0.6) is 0 Å². The zero-order valence-electron chi connectivity index (χ0n) is 6.19. The molecule has 2 heterocycles. The van der Waals surface area contributed by atoms with Crippen LogP contribution in [0.4, 0.5) is 5.00 Å². The first-order valence-electron chi connectivity index (χ1n) is 3.22. The van der Waals surface area contributed by atoms with Crippen LogP contribution >= 0.6 is 11.3 Å². The molecule has 0 bridgehead atoms. The van der Waals surface area contributed by atoms with Crippen molar-refractivity contribution < 1.29 is 4.92 Å². The Morgan fingerprint density at radius 3 is 3.00 bits per heavy atom. The minimum absolute atomic E-state index is 0.00880. The summed E-state index contributed by atoms with van der Waals surface area (Å²) in [5.41, 5.74) is 0. The van der Waals surface area contributed by atoms with Crippen molar-refractivity contribution >= 4 is 16.3 Å². The van der Waals surface area contributed by atoms with Crippen molar-refractivity contribution in [2.24, 2.45) is 0 Å². The lowest BCUT2D eigenvalue weighted by atomic mass is 10.9. The highest BCUT2D eigenvalue weighted by molar-refractivity contribution is 7.17. The number of hydrogen-bond donors (Lipinski definition) is 0. The standard InChI is InChI=1S/C5H3N5O2S/c11-10(12)4-1-7-5(13-4)9-3-6-2-8-9/h1-3H. The summed E-state index contributed by atoms with van der Waals surface area (Å²) < 4.78 is 1.37. The second-order valence-electron chi connectivity index (χ2n) is 2.08. The summed E-state index contributed by atoms with van der Waals surface area (Å²) in [6.45, 7) is 0. The van der Waals surface area contributed by atoms with Crippen LogP contribution in [0.25, 0.3) is 5.13 Å². The lowest BCUT2D eigenvalue weighted by Crippen LogP contribution is -1.91. The molecule has 0 fully saturated rings. The van der Waals surface area contributed by atoms with Gasteiger partial charge in [-0.1, -0.05) is 0 Å². The Balaban J connectivity index is 2.39. The van der Waals surface area contributed by atoms with E-state index in [-0.39, 0.29) is 5.00 Å². The second kappa shape index (κ2) is 2.90. The summed E-state index contributed by atoms with van der Waals surface area (Å²) in [6.07, 6.45) is 3.97. The van der Waals surface area contributed by atoms with Crippen LogP contribution in [0.1, 0.15) is 0 Å². The topological polar surface area (TPSA) is 86.7 Å². The fourth-order valence-corrected chi connectivity index (χ4v) is 1.41. The number of nitrogens with zero attached hydrogens (tertiary/aromatic N) is 5. The Bertz CT molecular complexity index is 422. The molecule has 0 unspecified atom stereocenters. The fraction of sp³-hybridized carbons (Fsp3) is 0. The smallest absolute Gasteiger partial charge is 0.257 e. The van der Waals surface area contributed by atoms with Gasteiger partial charge in [-0.25, -0.2) is 9.97 Å². The molecule has 2 rings (SSSR count). The Hall–Kier alpha value is -1.83. The van der Waals surface area contributed by atoms with E-state index in [0.717, 1.165) is 11.3 Å². The van der Waals surface area contributed by atoms with E-state index in [1.165, 1.54) is 23.5 Å². The van der Waals surface area contributed by atoms with Crippen LogP contribution in [-0.4, -0.2) is 24.7 Å². The highest BCUT2D eigenvalue weighted by atomic mass is 32.1. The maximum absolute atomic E-state index is 10.3. The molecule has 0 aliphatic heterocycles. The van der Waals surface area contributed by atoms with E-state index in [1.807, 2.05) is 0 Å². The molecule has 66 valence electrons. The van der Waals surface area contributed by atoms with Crippen molar-refractivity contribution in [2.75, 3.05) is 0 Å². The predicted octanol–water partition coefficient (Wildman–Crippen LogP) is 0.632. The Labute approximate surface area is 75.8 Å². The number of hydrogen-bond acceptors (Lipinski definition) is 6. The van der Waals surface area contributed by atoms with Crippen molar-refractivity contribution in [3.8, 4) is 5.13 Å². The molecule has 7 nitrogen and oxygen atoms in total. The largest absolute Gasteiger partial charge is 0.345 e. The summed E-state index contributed by atoms with van der Waals surface area (Å²) >= 11 is 0.949. The SMILES string of the molecule is O=[N+]([O-])c1cnc(-n2cncn2)s1. The fourth-order valence-electron chi connectivity index (χ4n) is 0.754. The third-order valence-electron chi connectivity index (χ3n) is 1.28. The van der Waals surface area contributed by atoms with Gasteiger partial charge in [-0.15, -0.1) is 0 Å². The van der Waals surface area contributed by atoms with E-state index in [4.69, 9.17) is 0 Å². The monoisotopic (exact) mass is 197 g/mol. The van der Waals surface area contributed by atoms with Crippen LogP contribution < -0.4 is 0 Å². The molecule has 0 aliphatic carbocycles. The van der Waals surface area contributed by atoms with E-state index >= 15 is 0 Å². The zero-order valence-corrected chi connectivity index (χ0v) is 7.01. The average molecular weight is 197 g/mol. The van der Waals surface area contributed by atoms with Gasteiger partial charge in [0.15, 0.2) is 0 Å². The van der Waals surface area contributed by atoms with Crippen molar-refractivity contribution in [1.82, 2.24) is 19.7 Å². The quantitative estimate of drug-likeness (QED) is 0.520. The molecule has 2 aromatic rings. The molecule has 0 aliphatic rings. The molecule has 0 radical (unpaired) electrons. The van der Waals surface area contributed by atoms with Crippen molar-refractivity contribution in [2.45, 2.75) is 0 Å². The lowest BCUT2D eigenvalue weighted by molar-refractivity contribution is -0.380. The summed E-state index contributed by atoms with van der Waals surface area (Å²) in [7, 11) is 0. The highest BCUT2D eigenvalue weighted by Crippen LogP contribution is 2.22. The molecule has 2 aromatic heterocycles. The van der Waals surface area contributed by atoms with Crippen LogP contribution in [0.15, 0.2) is 18.9 Å². The average Bonchev–Trinajstić information content (AvgIpc) is 2.75. The van der Waals surface area contributed by atoms with Gasteiger partial charge in [0.1, 0.15) is 18.9 Å². The predicted molar refractivity (Wildman–Crippen MR) is 43.7 cm³/mol. The summed E-state index contributed by atoms with van der Waals surface area (Å²) in [4.78, 5) is 17.3. The van der Waals surface area contributed by atoms with Gasteiger partial charge in [0.05, 0.1) is 4.92 Å². The molecule has 0 saturated carbocycles.